The van der Waals surface area contributed by atoms with Gasteiger partial charge in [-0.1, -0.05) is 47.6 Å². The van der Waals surface area contributed by atoms with Crippen molar-refractivity contribution in [3.8, 4) is 0 Å². The molecule has 1 aromatic carbocycles. The highest BCUT2D eigenvalue weighted by molar-refractivity contribution is 6.30. The molecule has 0 saturated carbocycles. The van der Waals surface area contributed by atoms with Gasteiger partial charge in [-0.15, -0.1) is 0 Å². The Morgan fingerprint density at radius 3 is 2.60 bits per heavy atom. The summed E-state index contributed by atoms with van der Waals surface area (Å²) in [6.07, 6.45) is 4.58. The predicted octanol–water partition coefficient (Wildman–Crippen LogP) is 2.07. The minimum Gasteiger partial charge on any atom is -0.411 e. The van der Waals surface area contributed by atoms with Crippen molar-refractivity contribution in [3.05, 3.63) is 71.2 Å². The topological polar surface area (TPSA) is 127 Å². The van der Waals surface area contributed by atoms with E-state index < -0.39 is 17.6 Å². The van der Waals surface area contributed by atoms with Gasteiger partial charge in [0, 0.05) is 11.1 Å². The number of oxime groups is 1. The minimum atomic E-state index is -0.926. The van der Waals surface area contributed by atoms with E-state index in [9.17, 15) is 14.4 Å². The van der Waals surface area contributed by atoms with Crippen LogP contribution in [0.3, 0.4) is 0 Å². The van der Waals surface area contributed by atoms with Crippen LogP contribution in [0, 0.1) is 5.82 Å². The van der Waals surface area contributed by atoms with E-state index in [2.05, 4.69) is 15.1 Å². The molecule has 0 bridgehead atoms. The van der Waals surface area contributed by atoms with Crippen molar-refractivity contribution < 1.29 is 14.4 Å². The zero-order chi connectivity index (χ0) is 18.0. The van der Waals surface area contributed by atoms with Crippen LogP contribution in [0.4, 0.5) is 16.2 Å². The number of halogens is 1. The Morgan fingerprint density at radius 1 is 1.20 bits per heavy atom. The number of aromatic nitrogens is 2. The molecule has 0 saturated heterocycles. The molecular weight excluding hydrogens is 325 g/mol. The SMILES string of the molecule is Nc1nc(N)c(F)c(C2C=CC=C(C(=O)c3ccccc3)C2=NO)n1. The van der Waals surface area contributed by atoms with Gasteiger partial charge in [-0.25, -0.2) is 9.37 Å². The van der Waals surface area contributed by atoms with Gasteiger partial charge in [-0.2, -0.15) is 4.98 Å². The first-order valence-corrected chi connectivity index (χ1v) is 7.32. The molecule has 0 aliphatic heterocycles. The number of anilines is 2. The number of hydrogen-bond acceptors (Lipinski definition) is 7. The first-order valence-electron chi connectivity index (χ1n) is 7.32. The molecule has 25 heavy (non-hydrogen) atoms. The van der Waals surface area contributed by atoms with Crippen LogP contribution in [0.5, 0.6) is 0 Å². The second kappa shape index (κ2) is 6.52. The molecule has 1 aromatic heterocycles. The average molecular weight is 339 g/mol. The van der Waals surface area contributed by atoms with Crippen molar-refractivity contribution in [1.82, 2.24) is 9.97 Å². The van der Waals surface area contributed by atoms with Gasteiger partial charge < -0.3 is 16.7 Å². The standard InChI is InChI=1S/C17H14FN5O2/c18-12-14(21-17(20)22-16(12)19)10-7-4-8-11(13(10)23-25)15(24)9-5-2-1-3-6-9/h1-8,10,25H,(H4,19,20,21,22). The molecule has 1 aliphatic rings. The van der Waals surface area contributed by atoms with E-state index in [4.69, 9.17) is 11.5 Å². The lowest BCUT2D eigenvalue weighted by Crippen LogP contribution is -2.24. The molecule has 2 aromatic rings. The van der Waals surface area contributed by atoms with Crippen molar-refractivity contribution in [3.63, 3.8) is 0 Å². The Bertz CT molecular complexity index is 922. The summed E-state index contributed by atoms with van der Waals surface area (Å²) < 4.78 is 14.3. The minimum absolute atomic E-state index is 0.0484. The monoisotopic (exact) mass is 339 g/mol. The van der Waals surface area contributed by atoms with Crippen molar-refractivity contribution in [2.24, 2.45) is 5.16 Å². The second-order valence-electron chi connectivity index (χ2n) is 5.29. The van der Waals surface area contributed by atoms with Crippen LogP contribution in [0.15, 0.2) is 59.3 Å². The summed E-state index contributed by atoms with van der Waals surface area (Å²) in [6.45, 7) is 0. The van der Waals surface area contributed by atoms with E-state index in [-0.39, 0.29) is 28.7 Å². The predicted molar refractivity (Wildman–Crippen MR) is 90.8 cm³/mol. The number of nitrogen functional groups attached to an aromatic ring is 2. The molecule has 0 spiro atoms. The molecule has 5 N–H and O–H groups in total. The Labute approximate surface area is 142 Å². The second-order valence-corrected chi connectivity index (χ2v) is 5.29. The Hall–Kier alpha value is -3.55. The largest absolute Gasteiger partial charge is 0.411 e. The normalized spacial score (nSPS) is 18.2. The maximum atomic E-state index is 14.3. The highest BCUT2D eigenvalue weighted by Gasteiger charge is 2.31. The van der Waals surface area contributed by atoms with Crippen molar-refractivity contribution >= 4 is 23.3 Å². The molecule has 7 nitrogen and oxygen atoms in total. The van der Waals surface area contributed by atoms with Gasteiger partial charge in [0.05, 0.1) is 11.6 Å². The van der Waals surface area contributed by atoms with E-state index in [1.54, 1.807) is 36.4 Å². The summed E-state index contributed by atoms with van der Waals surface area (Å²) in [4.78, 5) is 20.1. The van der Waals surface area contributed by atoms with Crippen LogP contribution in [0.25, 0.3) is 0 Å². The molecule has 126 valence electrons. The first kappa shape index (κ1) is 16.3. The van der Waals surface area contributed by atoms with Crippen molar-refractivity contribution in [2.75, 3.05) is 11.5 Å². The molecular formula is C17H14FN5O2. The van der Waals surface area contributed by atoms with E-state index in [0.29, 0.717) is 5.56 Å². The van der Waals surface area contributed by atoms with Gasteiger partial charge >= 0.3 is 0 Å². The van der Waals surface area contributed by atoms with Crippen LogP contribution in [-0.2, 0) is 0 Å². The quantitative estimate of drug-likeness (QED) is 0.446. The number of rotatable bonds is 3. The average Bonchev–Trinajstić information content (AvgIpc) is 2.64. The maximum Gasteiger partial charge on any atom is 0.222 e. The van der Waals surface area contributed by atoms with Gasteiger partial charge in [0.2, 0.25) is 5.95 Å². The fraction of sp³-hybridized carbons (Fsp3) is 0.0588. The number of allylic oxidation sites excluding steroid dienone is 4. The van der Waals surface area contributed by atoms with Crippen LogP contribution >= 0.6 is 0 Å². The summed E-state index contributed by atoms with van der Waals surface area (Å²) in [6, 6.07) is 8.47. The number of benzene rings is 1. The summed E-state index contributed by atoms with van der Waals surface area (Å²) in [5.41, 5.74) is 11.3. The van der Waals surface area contributed by atoms with E-state index in [1.807, 2.05) is 0 Å². The van der Waals surface area contributed by atoms with Gasteiger partial charge in [0.1, 0.15) is 5.71 Å². The Morgan fingerprint density at radius 2 is 1.92 bits per heavy atom. The molecule has 1 atom stereocenters. The van der Waals surface area contributed by atoms with Crippen LogP contribution in [-0.4, -0.2) is 26.7 Å². The molecule has 1 heterocycles. The van der Waals surface area contributed by atoms with Crippen molar-refractivity contribution in [2.45, 2.75) is 5.92 Å². The van der Waals surface area contributed by atoms with Gasteiger partial charge in [0.15, 0.2) is 17.4 Å². The number of nitrogens with zero attached hydrogens (tertiary/aromatic N) is 3. The molecule has 3 rings (SSSR count). The number of nitrogens with two attached hydrogens (primary N) is 2. The number of carbonyl (C=O) groups excluding carboxylic acids is 1. The molecule has 1 aliphatic carbocycles. The Balaban J connectivity index is 2.05. The summed E-state index contributed by atoms with van der Waals surface area (Å²) >= 11 is 0. The van der Waals surface area contributed by atoms with Gasteiger partial charge in [-0.05, 0) is 6.08 Å². The summed E-state index contributed by atoms with van der Waals surface area (Å²) in [5.74, 6) is -2.80. The molecule has 0 amide bonds. The first-order chi connectivity index (χ1) is 12.0. The van der Waals surface area contributed by atoms with Crippen LogP contribution in [0.2, 0.25) is 0 Å². The number of Topliss-reactive ketones (excluding diaryl/α,β-unsaturated/α-hetero) is 1. The van der Waals surface area contributed by atoms with Crippen LogP contribution < -0.4 is 11.5 Å². The fourth-order valence-electron chi connectivity index (χ4n) is 2.59. The number of carbonyl (C=O) groups is 1. The summed E-state index contributed by atoms with van der Waals surface area (Å²) in [5, 5.41) is 12.7. The third-order valence-corrected chi connectivity index (χ3v) is 3.74. The van der Waals surface area contributed by atoms with E-state index in [1.165, 1.54) is 12.2 Å². The van der Waals surface area contributed by atoms with Gasteiger partial charge in [0.25, 0.3) is 0 Å². The van der Waals surface area contributed by atoms with E-state index in [0.717, 1.165) is 0 Å². The molecule has 0 fully saturated rings. The molecule has 0 radical (unpaired) electrons. The molecule has 1 unspecified atom stereocenters. The van der Waals surface area contributed by atoms with Gasteiger partial charge in [-0.3, -0.25) is 4.79 Å². The lowest BCUT2D eigenvalue weighted by atomic mass is 9.85. The number of hydrogen-bond donors (Lipinski definition) is 3. The third kappa shape index (κ3) is 2.97. The Kier molecular flexibility index (Phi) is 4.25. The van der Waals surface area contributed by atoms with E-state index >= 15 is 0 Å². The van der Waals surface area contributed by atoms with Crippen LogP contribution in [0.1, 0.15) is 22.0 Å². The highest BCUT2D eigenvalue weighted by Crippen LogP contribution is 2.30. The highest BCUT2D eigenvalue weighted by atomic mass is 19.1. The van der Waals surface area contributed by atoms with Crippen molar-refractivity contribution in [1.29, 1.82) is 0 Å². The fourth-order valence-corrected chi connectivity index (χ4v) is 2.59. The zero-order valence-electron chi connectivity index (χ0n) is 12.9. The number of ketones is 1. The summed E-state index contributed by atoms with van der Waals surface area (Å²) in [7, 11) is 0. The molecule has 8 heteroatoms. The lowest BCUT2D eigenvalue weighted by Gasteiger charge is -2.20. The maximum absolute atomic E-state index is 14.3. The third-order valence-electron chi connectivity index (χ3n) is 3.74. The zero-order valence-corrected chi connectivity index (χ0v) is 12.9. The smallest absolute Gasteiger partial charge is 0.222 e. The lowest BCUT2D eigenvalue weighted by molar-refractivity contribution is 0.103.